The number of para-hydroxylation sites is 1. The van der Waals surface area contributed by atoms with Gasteiger partial charge in [-0.3, -0.25) is 0 Å². The van der Waals surface area contributed by atoms with Crippen LogP contribution in [-0.4, -0.2) is 9.55 Å². The van der Waals surface area contributed by atoms with E-state index in [2.05, 4.69) is 23.4 Å². The van der Waals surface area contributed by atoms with Crippen molar-refractivity contribution >= 4 is 22.6 Å². The second-order valence-electron chi connectivity index (χ2n) is 5.76. The van der Waals surface area contributed by atoms with Crippen LogP contribution in [0, 0.1) is 5.82 Å². The smallest absolute Gasteiger partial charge is 0.151 e. The number of benzene rings is 1. The molecule has 2 unspecified atom stereocenters. The fraction of sp³-hybridized carbons (Fsp3) is 0.588. The van der Waals surface area contributed by atoms with Crippen LogP contribution in [0.1, 0.15) is 70.1 Å². The van der Waals surface area contributed by atoms with Crippen molar-refractivity contribution in [2.24, 2.45) is 0 Å². The highest BCUT2D eigenvalue weighted by molar-refractivity contribution is 6.20. The molecule has 2 rings (SSSR count). The Morgan fingerprint density at radius 2 is 2.00 bits per heavy atom. The number of alkyl halides is 1. The van der Waals surface area contributed by atoms with Crippen molar-refractivity contribution in [1.29, 1.82) is 0 Å². The number of nitrogens with zero attached hydrogens (tertiary/aromatic N) is 2. The van der Waals surface area contributed by atoms with E-state index in [0.29, 0.717) is 5.52 Å². The zero-order valence-electron chi connectivity index (χ0n) is 13.1. The molecule has 2 nitrogen and oxygen atoms in total. The maximum Gasteiger partial charge on any atom is 0.151 e. The van der Waals surface area contributed by atoms with Crippen molar-refractivity contribution in [3.8, 4) is 0 Å². The summed E-state index contributed by atoms with van der Waals surface area (Å²) >= 11 is 6.25. The molecule has 21 heavy (non-hydrogen) atoms. The summed E-state index contributed by atoms with van der Waals surface area (Å²) in [5, 5.41) is -0.227. The average Bonchev–Trinajstić information content (AvgIpc) is 2.84. The molecule has 4 heteroatoms. The molecule has 0 N–H and O–H groups in total. The number of hydrogen-bond donors (Lipinski definition) is 0. The number of rotatable bonds is 7. The topological polar surface area (TPSA) is 17.8 Å². The molecule has 1 aromatic heterocycles. The lowest BCUT2D eigenvalue weighted by atomic mass is 10.1. The highest BCUT2D eigenvalue weighted by Crippen LogP contribution is 2.31. The fourth-order valence-corrected chi connectivity index (χ4v) is 2.99. The number of imidazole rings is 1. The standard InChI is InChI=1S/C17H24ClFN2/c1-4-5-6-7-9-12(2)21-15-11-8-10-14(19)16(15)20-17(21)13(3)18/h8,10-13H,4-7,9H2,1-3H3. The van der Waals surface area contributed by atoms with Crippen LogP contribution in [0.4, 0.5) is 4.39 Å². The third kappa shape index (κ3) is 3.57. The van der Waals surface area contributed by atoms with E-state index in [1.165, 1.54) is 31.7 Å². The summed E-state index contributed by atoms with van der Waals surface area (Å²) in [6, 6.07) is 5.40. The lowest BCUT2D eigenvalue weighted by Crippen LogP contribution is -2.10. The van der Waals surface area contributed by atoms with E-state index < -0.39 is 0 Å². The van der Waals surface area contributed by atoms with Crippen LogP contribution < -0.4 is 0 Å². The summed E-state index contributed by atoms with van der Waals surface area (Å²) in [5.41, 5.74) is 1.28. The molecule has 0 saturated heterocycles. The Morgan fingerprint density at radius 3 is 2.67 bits per heavy atom. The second-order valence-corrected chi connectivity index (χ2v) is 6.42. The monoisotopic (exact) mass is 310 g/mol. The molecule has 1 heterocycles. The lowest BCUT2D eigenvalue weighted by Gasteiger charge is -2.18. The van der Waals surface area contributed by atoms with Crippen LogP contribution in [0.3, 0.4) is 0 Å². The number of fused-ring (bicyclic) bond motifs is 1. The Morgan fingerprint density at radius 1 is 1.24 bits per heavy atom. The van der Waals surface area contributed by atoms with Crippen LogP contribution >= 0.6 is 11.6 Å². The van der Waals surface area contributed by atoms with Gasteiger partial charge in [0.25, 0.3) is 0 Å². The zero-order valence-corrected chi connectivity index (χ0v) is 13.8. The lowest BCUT2D eigenvalue weighted by molar-refractivity contribution is 0.468. The highest BCUT2D eigenvalue weighted by Gasteiger charge is 2.20. The Labute approximate surface area is 131 Å². The van der Waals surface area contributed by atoms with Crippen molar-refractivity contribution in [2.45, 2.75) is 64.3 Å². The van der Waals surface area contributed by atoms with E-state index in [1.54, 1.807) is 6.07 Å². The van der Waals surface area contributed by atoms with E-state index in [4.69, 9.17) is 11.6 Å². The number of aromatic nitrogens is 2. The third-order valence-corrected chi connectivity index (χ3v) is 4.17. The molecule has 1 aromatic carbocycles. The molecule has 0 saturated carbocycles. The summed E-state index contributed by atoms with van der Waals surface area (Å²) in [7, 11) is 0. The van der Waals surface area contributed by atoms with Gasteiger partial charge in [-0.25, -0.2) is 9.37 Å². The molecule has 0 aliphatic carbocycles. The van der Waals surface area contributed by atoms with E-state index in [9.17, 15) is 4.39 Å². The molecule has 2 aromatic rings. The summed E-state index contributed by atoms with van der Waals surface area (Å²) in [5.74, 6) is 0.489. The van der Waals surface area contributed by atoms with E-state index in [1.807, 2.05) is 13.0 Å². The van der Waals surface area contributed by atoms with Gasteiger partial charge in [0.05, 0.1) is 10.9 Å². The van der Waals surface area contributed by atoms with Crippen molar-refractivity contribution in [3.05, 3.63) is 29.8 Å². The maximum atomic E-state index is 13.9. The predicted molar refractivity (Wildman–Crippen MR) is 87.4 cm³/mol. The van der Waals surface area contributed by atoms with Gasteiger partial charge in [0, 0.05) is 6.04 Å². The Balaban J connectivity index is 2.32. The molecule has 0 spiro atoms. The highest BCUT2D eigenvalue weighted by atomic mass is 35.5. The first-order chi connectivity index (χ1) is 10.1. The van der Waals surface area contributed by atoms with Crippen LogP contribution in [0.5, 0.6) is 0 Å². The summed E-state index contributed by atoms with van der Waals surface area (Å²) in [6.07, 6.45) is 5.99. The molecule has 0 radical (unpaired) electrons. The molecule has 0 aliphatic heterocycles. The van der Waals surface area contributed by atoms with Crippen LogP contribution in [0.15, 0.2) is 18.2 Å². The SMILES string of the molecule is CCCCCCC(C)n1c(C(C)Cl)nc2c(F)cccc21. The third-order valence-electron chi connectivity index (χ3n) is 3.97. The second kappa shape index (κ2) is 7.26. The van der Waals surface area contributed by atoms with Gasteiger partial charge < -0.3 is 4.57 Å². The molecule has 2 atom stereocenters. The average molecular weight is 311 g/mol. The van der Waals surface area contributed by atoms with Gasteiger partial charge in [0.2, 0.25) is 0 Å². The molecule has 0 aliphatic rings. The van der Waals surface area contributed by atoms with Crippen molar-refractivity contribution in [1.82, 2.24) is 9.55 Å². The Hall–Kier alpha value is -1.09. The molecular weight excluding hydrogens is 287 g/mol. The largest absolute Gasteiger partial charge is 0.324 e. The minimum absolute atomic E-state index is 0.227. The number of halogens is 2. The quantitative estimate of drug-likeness (QED) is 0.452. The summed E-state index contributed by atoms with van der Waals surface area (Å²) < 4.78 is 16.1. The fourth-order valence-electron chi connectivity index (χ4n) is 2.84. The maximum absolute atomic E-state index is 13.9. The van der Waals surface area contributed by atoms with Gasteiger partial charge in [-0.1, -0.05) is 38.7 Å². The Kier molecular flexibility index (Phi) is 5.63. The van der Waals surface area contributed by atoms with Crippen LogP contribution in [0.25, 0.3) is 11.0 Å². The van der Waals surface area contributed by atoms with Crippen molar-refractivity contribution < 1.29 is 4.39 Å². The van der Waals surface area contributed by atoms with Crippen LogP contribution in [-0.2, 0) is 0 Å². The molecule has 0 bridgehead atoms. The molecule has 116 valence electrons. The molecular formula is C17H24ClFN2. The van der Waals surface area contributed by atoms with E-state index >= 15 is 0 Å². The van der Waals surface area contributed by atoms with Gasteiger partial charge in [-0.05, 0) is 32.4 Å². The first kappa shape index (κ1) is 16.3. The van der Waals surface area contributed by atoms with Gasteiger partial charge in [0.1, 0.15) is 11.3 Å². The summed E-state index contributed by atoms with van der Waals surface area (Å²) in [4.78, 5) is 4.43. The number of hydrogen-bond acceptors (Lipinski definition) is 1. The van der Waals surface area contributed by atoms with E-state index in [-0.39, 0.29) is 17.2 Å². The first-order valence-electron chi connectivity index (χ1n) is 7.86. The van der Waals surface area contributed by atoms with E-state index in [0.717, 1.165) is 17.8 Å². The predicted octanol–water partition coefficient (Wildman–Crippen LogP) is 6.01. The van der Waals surface area contributed by atoms with Gasteiger partial charge in [-0.15, -0.1) is 11.6 Å². The van der Waals surface area contributed by atoms with Crippen molar-refractivity contribution in [2.75, 3.05) is 0 Å². The van der Waals surface area contributed by atoms with Gasteiger partial charge in [-0.2, -0.15) is 0 Å². The minimum Gasteiger partial charge on any atom is -0.324 e. The zero-order chi connectivity index (χ0) is 15.4. The molecule has 0 fully saturated rings. The van der Waals surface area contributed by atoms with Crippen LogP contribution in [0.2, 0.25) is 0 Å². The Bertz CT molecular complexity index is 592. The molecule has 0 amide bonds. The number of unbranched alkanes of at least 4 members (excludes halogenated alkanes) is 3. The van der Waals surface area contributed by atoms with Gasteiger partial charge >= 0.3 is 0 Å². The minimum atomic E-state index is -0.275. The first-order valence-corrected chi connectivity index (χ1v) is 8.30. The van der Waals surface area contributed by atoms with Crippen molar-refractivity contribution in [3.63, 3.8) is 0 Å². The summed E-state index contributed by atoms with van der Waals surface area (Å²) in [6.45, 7) is 6.27. The van der Waals surface area contributed by atoms with Gasteiger partial charge in [0.15, 0.2) is 5.82 Å². The normalized spacial score (nSPS) is 14.5.